The first-order chi connectivity index (χ1) is 5.77. The lowest BCUT2D eigenvalue weighted by Crippen LogP contribution is -2.19. The average molecular weight is 210 g/mol. The molecule has 2 N–H and O–H groups in total. The number of aliphatic carboxylic acids is 1. The zero-order chi connectivity index (χ0) is 9.23. The van der Waals surface area contributed by atoms with Gasteiger partial charge in [0.15, 0.2) is 0 Å². The van der Waals surface area contributed by atoms with Crippen molar-refractivity contribution < 1.29 is 9.90 Å². The van der Waals surface area contributed by atoms with E-state index in [4.69, 9.17) is 5.11 Å². The van der Waals surface area contributed by atoms with Gasteiger partial charge in [-0.05, 0) is 13.0 Å². The van der Waals surface area contributed by atoms with Crippen molar-refractivity contribution in [2.75, 3.05) is 13.1 Å². The zero-order valence-corrected chi connectivity index (χ0v) is 9.03. The van der Waals surface area contributed by atoms with Crippen molar-refractivity contribution >= 4 is 18.4 Å². The van der Waals surface area contributed by atoms with Gasteiger partial charge in [-0.15, -0.1) is 12.4 Å². The monoisotopic (exact) mass is 209 g/mol. The fraction of sp³-hybridized carbons (Fsp3) is 0.889. The molecule has 0 heterocycles. The Morgan fingerprint density at radius 1 is 1.23 bits per heavy atom. The first-order valence-corrected chi connectivity index (χ1v) is 4.70. The summed E-state index contributed by atoms with van der Waals surface area (Å²) >= 11 is 0. The number of nitrogens with one attached hydrogen (secondary N) is 1. The van der Waals surface area contributed by atoms with E-state index < -0.39 is 5.97 Å². The minimum atomic E-state index is -0.726. The maximum Gasteiger partial charge on any atom is 0.304 e. The number of rotatable bonds is 8. The fourth-order valence-electron chi connectivity index (χ4n) is 0.997. The third kappa shape index (κ3) is 14.6. The van der Waals surface area contributed by atoms with Gasteiger partial charge in [-0.3, -0.25) is 4.79 Å². The second-order valence-corrected chi connectivity index (χ2v) is 2.95. The highest BCUT2D eigenvalue weighted by Crippen LogP contribution is 1.96. The highest BCUT2D eigenvalue weighted by Gasteiger charge is 1.94. The number of carbonyl (C=O) groups is 1. The number of hydrogen-bond acceptors (Lipinski definition) is 2. The Hall–Kier alpha value is -0.280. The van der Waals surface area contributed by atoms with E-state index in [1.165, 1.54) is 19.3 Å². The molecule has 0 spiro atoms. The van der Waals surface area contributed by atoms with Crippen LogP contribution >= 0.6 is 12.4 Å². The summed E-state index contributed by atoms with van der Waals surface area (Å²) in [5.74, 6) is -0.726. The van der Waals surface area contributed by atoms with Crippen LogP contribution in [0.1, 0.15) is 39.0 Å². The van der Waals surface area contributed by atoms with E-state index in [9.17, 15) is 4.79 Å². The number of carboxylic acid groups (broad SMARTS) is 1. The van der Waals surface area contributed by atoms with Crippen LogP contribution in [0.15, 0.2) is 0 Å². The summed E-state index contributed by atoms with van der Waals surface area (Å²) in [6.45, 7) is 3.73. The molecule has 0 aromatic carbocycles. The van der Waals surface area contributed by atoms with E-state index in [0.29, 0.717) is 6.54 Å². The summed E-state index contributed by atoms with van der Waals surface area (Å²) < 4.78 is 0. The molecular formula is C9H20ClNO2. The molecule has 0 aromatic rings. The normalized spacial score (nSPS) is 9.31. The lowest BCUT2D eigenvalue weighted by atomic mass is 10.2. The molecule has 0 unspecified atom stereocenters. The number of carboxylic acids is 1. The molecule has 3 nitrogen and oxygen atoms in total. The van der Waals surface area contributed by atoms with Gasteiger partial charge in [0.1, 0.15) is 0 Å². The van der Waals surface area contributed by atoms with Crippen molar-refractivity contribution in [2.45, 2.75) is 39.0 Å². The summed E-state index contributed by atoms with van der Waals surface area (Å²) in [6, 6.07) is 0. The second-order valence-electron chi connectivity index (χ2n) is 2.95. The van der Waals surface area contributed by atoms with Crippen LogP contribution in [0.2, 0.25) is 0 Å². The van der Waals surface area contributed by atoms with Crippen LogP contribution in [-0.2, 0) is 4.79 Å². The summed E-state index contributed by atoms with van der Waals surface area (Å²) in [5.41, 5.74) is 0. The molecule has 0 fully saturated rings. The van der Waals surface area contributed by atoms with E-state index in [0.717, 1.165) is 13.0 Å². The summed E-state index contributed by atoms with van der Waals surface area (Å²) in [6.07, 6.45) is 5.16. The molecule has 13 heavy (non-hydrogen) atoms. The van der Waals surface area contributed by atoms with Gasteiger partial charge in [0.2, 0.25) is 0 Å². The molecule has 0 radical (unpaired) electrons. The third-order valence-corrected chi connectivity index (χ3v) is 1.72. The van der Waals surface area contributed by atoms with Crippen molar-refractivity contribution in [2.24, 2.45) is 0 Å². The van der Waals surface area contributed by atoms with Crippen molar-refractivity contribution in [3.8, 4) is 0 Å². The molecule has 0 rings (SSSR count). The largest absolute Gasteiger partial charge is 0.481 e. The number of halogens is 1. The Balaban J connectivity index is 0. The molecule has 80 valence electrons. The van der Waals surface area contributed by atoms with Gasteiger partial charge in [0.25, 0.3) is 0 Å². The van der Waals surface area contributed by atoms with Crippen LogP contribution in [0.25, 0.3) is 0 Å². The van der Waals surface area contributed by atoms with Crippen molar-refractivity contribution in [1.82, 2.24) is 5.32 Å². The van der Waals surface area contributed by atoms with Gasteiger partial charge < -0.3 is 10.4 Å². The average Bonchev–Trinajstić information content (AvgIpc) is 2.02. The van der Waals surface area contributed by atoms with Gasteiger partial charge >= 0.3 is 5.97 Å². The Morgan fingerprint density at radius 2 is 1.92 bits per heavy atom. The van der Waals surface area contributed by atoms with E-state index in [2.05, 4.69) is 12.2 Å². The van der Waals surface area contributed by atoms with E-state index >= 15 is 0 Å². The molecule has 0 aliphatic carbocycles. The van der Waals surface area contributed by atoms with Gasteiger partial charge in [0, 0.05) is 6.54 Å². The van der Waals surface area contributed by atoms with E-state index in [1.54, 1.807) is 0 Å². The molecule has 0 amide bonds. The minimum absolute atomic E-state index is 0. The summed E-state index contributed by atoms with van der Waals surface area (Å²) in [7, 11) is 0. The lowest BCUT2D eigenvalue weighted by Gasteiger charge is -2.01. The molecule has 0 aromatic heterocycles. The molecule has 4 heteroatoms. The standard InChI is InChI=1S/C9H19NO2.ClH/c1-2-3-4-5-7-10-8-6-9(11)12;/h10H,2-8H2,1H3,(H,11,12);1H. The topological polar surface area (TPSA) is 49.3 Å². The SMILES string of the molecule is CCCCCCNCCC(=O)O.Cl. The van der Waals surface area contributed by atoms with Crippen LogP contribution in [0.5, 0.6) is 0 Å². The van der Waals surface area contributed by atoms with Crippen LogP contribution in [0.4, 0.5) is 0 Å². The molecule has 0 saturated carbocycles. The first kappa shape index (κ1) is 15.2. The van der Waals surface area contributed by atoms with Crippen molar-refractivity contribution in [3.63, 3.8) is 0 Å². The summed E-state index contributed by atoms with van der Waals surface area (Å²) in [5, 5.41) is 11.4. The van der Waals surface area contributed by atoms with Crippen LogP contribution in [-0.4, -0.2) is 24.2 Å². The maximum atomic E-state index is 10.1. The van der Waals surface area contributed by atoms with Crippen LogP contribution in [0.3, 0.4) is 0 Å². The third-order valence-electron chi connectivity index (χ3n) is 1.72. The Kier molecular flexibility index (Phi) is 13.7. The van der Waals surface area contributed by atoms with Gasteiger partial charge in [-0.1, -0.05) is 26.2 Å². The molecule has 0 bridgehead atoms. The Morgan fingerprint density at radius 3 is 2.46 bits per heavy atom. The number of unbranched alkanes of at least 4 members (excludes halogenated alkanes) is 3. The van der Waals surface area contributed by atoms with E-state index in [-0.39, 0.29) is 18.8 Å². The smallest absolute Gasteiger partial charge is 0.304 e. The second kappa shape index (κ2) is 11.7. The molecule has 0 saturated heterocycles. The summed E-state index contributed by atoms with van der Waals surface area (Å²) in [4.78, 5) is 10.1. The van der Waals surface area contributed by atoms with Crippen LogP contribution in [0, 0.1) is 0 Å². The van der Waals surface area contributed by atoms with Crippen LogP contribution < -0.4 is 5.32 Å². The lowest BCUT2D eigenvalue weighted by molar-refractivity contribution is -0.136. The predicted octanol–water partition coefficient (Wildman–Crippen LogP) is 2.05. The van der Waals surface area contributed by atoms with Gasteiger partial charge in [0.05, 0.1) is 6.42 Å². The Bertz CT molecular complexity index is 120. The maximum absolute atomic E-state index is 10.1. The predicted molar refractivity (Wildman–Crippen MR) is 56.5 cm³/mol. The van der Waals surface area contributed by atoms with Gasteiger partial charge in [-0.2, -0.15) is 0 Å². The molecule has 0 atom stereocenters. The van der Waals surface area contributed by atoms with Crippen molar-refractivity contribution in [1.29, 1.82) is 0 Å². The zero-order valence-electron chi connectivity index (χ0n) is 8.21. The first-order valence-electron chi connectivity index (χ1n) is 4.70. The highest BCUT2D eigenvalue weighted by molar-refractivity contribution is 5.85. The quantitative estimate of drug-likeness (QED) is 0.602. The minimum Gasteiger partial charge on any atom is -0.481 e. The molecule has 0 aliphatic rings. The highest BCUT2D eigenvalue weighted by atomic mass is 35.5. The molecular weight excluding hydrogens is 190 g/mol. The number of hydrogen-bond donors (Lipinski definition) is 2. The Labute approximate surface area is 86.3 Å². The van der Waals surface area contributed by atoms with Crippen molar-refractivity contribution in [3.05, 3.63) is 0 Å². The van der Waals surface area contributed by atoms with Gasteiger partial charge in [-0.25, -0.2) is 0 Å². The van der Waals surface area contributed by atoms with E-state index in [1.807, 2.05) is 0 Å². The fourth-order valence-corrected chi connectivity index (χ4v) is 0.997. The molecule has 0 aliphatic heterocycles.